The number of nitrogens with one attached hydrogen (secondary N) is 2. The molecule has 0 atom stereocenters. The van der Waals surface area contributed by atoms with Crippen molar-refractivity contribution in [3.63, 3.8) is 0 Å². The van der Waals surface area contributed by atoms with Crippen molar-refractivity contribution in [1.82, 2.24) is 20.2 Å². The highest BCUT2D eigenvalue weighted by molar-refractivity contribution is 7.95. The Hall–Kier alpha value is -1.58. The number of aliphatic imine (C=N–C) groups is 2. The van der Waals surface area contributed by atoms with Gasteiger partial charge in [-0.3, -0.25) is 9.98 Å². The molecule has 3 aliphatic rings. The van der Waals surface area contributed by atoms with E-state index >= 15 is 0 Å². The fourth-order valence-corrected chi connectivity index (χ4v) is 4.10. The summed E-state index contributed by atoms with van der Waals surface area (Å²) in [6.45, 7) is 7.45. The Morgan fingerprint density at radius 2 is 2.14 bits per heavy atom. The predicted molar refractivity (Wildman–Crippen MR) is 118 cm³/mol. The van der Waals surface area contributed by atoms with Crippen LogP contribution in [-0.2, 0) is 4.18 Å². The highest BCUT2D eigenvalue weighted by atomic mass is 32.2. The SMILES string of the molecule is CC.OCC1(N=C2CSOCCCN=C(N3CCC(c4cnc[nH]4)CC3)N2)CC1. The number of aliphatic hydroxyl groups is 1. The van der Waals surface area contributed by atoms with Gasteiger partial charge in [0.1, 0.15) is 5.84 Å². The molecule has 2 aliphatic heterocycles. The largest absolute Gasteiger partial charge is 0.394 e. The first-order chi connectivity index (χ1) is 14.3. The fourth-order valence-electron chi connectivity index (χ4n) is 3.54. The Morgan fingerprint density at radius 3 is 2.79 bits per heavy atom. The smallest absolute Gasteiger partial charge is 0.199 e. The second-order valence-electron chi connectivity index (χ2n) is 7.48. The molecule has 1 aromatic heterocycles. The van der Waals surface area contributed by atoms with E-state index in [1.54, 1.807) is 6.33 Å². The zero-order valence-electron chi connectivity index (χ0n) is 17.6. The van der Waals surface area contributed by atoms with Crippen LogP contribution < -0.4 is 5.32 Å². The fraction of sp³-hybridized carbons (Fsp3) is 0.750. The number of piperidine rings is 1. The number of amidine groups is 1. The van der Waals surface area contributed by atoms with Gasteiger partial charge in [0, 0.05) is 37.4 Å². The molecule has 9 heteroatoms. The summed E-state index contributed by atoms with van der Waals surface area (Å²) in [5.41, 5.74) is 0.941. The van der Waals surface area contributed by atoms with Crippen LogP contribution in [0.25, 0.3) is 0 Å². The van der Waals surface area contributed by atoms with Crippen molar-refractivity contribution in [2.45, 2.75) is 57.4 Å². The predicted octanol–water partition coefficient (Wildman–Crippen LogP) is 2.55. The Balaban J connectivity index is 0.00000117. The molecule has 8 nitrogen and oxygen atoms in total. The van der Waals surface area contributed by atoms with Gasteiger partial charge in [-0.2, -0.15) is 0 Å². The van der Waals surface area contributed by atoms with Crippen LogP contribution in [0.15, 0.2) is 22.5 Å². The maximum absolute atomic E-state index is 9.63. The number of aliphatic hydroxyl groups excluding tert-OH is 1. The number of H-pyrrole nitrogens is 1. The topological polar surface area (TPSA) is 98.1 Å². The highest BCUT2D eigenvalue weighted by Gasteiger charge is 2.42. The average molecular weight is 423 g/mol. The van der Waals surface area contributed by atoms with Gasteiger partial charge >= 0.3 is 0 Å². The van der Waals surface area contributed by atoms with Gasteiger partial charge in [0.2, 0.25) is 0 Å². The number of aromatic nitrogens is 2. The van der Waals surface area contributed by atoms with Crippen molar-refractivity contribution >= 4 is 23.8 Å². The normalized spacial score (nSPS) is 24.2. The van der Waals surface area contributed by atoms with Crippen LogP contribution in [0.5, 0.6) is 0 Å². The molecular formula is C20H34N6O2S. The van der Waals surface area contributed by atoms with Crippen LogP contribution in [0.4, 0.5) is 0 Å². The summed E-state index contributed by atoms with van der Waals surface area (Å²) in [5.74, 6) is 2.94. The van der Waals surface area contributed by atoms with Crippen LogP contribution in [0.2, 0.25) is 0 Å². The van der Waals surface area contributed by atoms with E-state index in [1.807, 2.05) is 20.0 Å². The summed E-state index contributed by atoms with van der Waals surface area (Å²) in [6, 6.07) is 0. The summed E-state index contributed by atoms with van der Waals surface area (Å²) in [5, 5.41) is 13.1. The summed E-state index contributed by atoms with van der Waals surface area (Å²) in [7, 11) is 0. The third kappa shape index (κ3) is 6.20. The van der Waals surface area contributed by atoms with Crippen molar-refractivity contribution < 1.29 is 9.29 Å². The average Bonchev–Trinajstić information content (AvgIpc) is 3.33. The molecule has 4 rings (SSSR count). The van der Waals surface area contributed by atoms with Crippen molar-refractivity contribution in [2.24, 2.45) is 9.98 Å². The van der Waals surface area contributed by atoms with Gasteiger partial charge in [0.05, 0.1) is 30.8 Å². The molecule has 3 heterocycles. The molecule has 0 unspecified atom stereocenters. The first-order valence-corrected chi connectivity index (χ1v) is 11.7. The van der Waals surface area contributed by atoms with Gasteiger partial charge in [-0.05, 0) is 44.1 Å². The van der Waals surface area contributed by atoms with E-state index in [-0.39, 0.29) is 12.1 Å². The Labute approximate surface area is 177 Å². The number of hydrogen-bond donors (Lipinski definition) is 3. The molecule has 0 radical (unpaired) electrons. The number of likely N-dealkylation sites (tertiary alicyclic amines) is 1. The molecule has 0 bridgehead atoms. The standard InChI is InChI=1S/C18H28N6O2S.C2H6/c25-12-18(4-5-18)23-16-11-27-26-9-1-6-20-17(22-16)24-7-2-14(3-8-24)15-10-19-13-21-15;1-2/h10,13-14,25H,1-9,11-12H2,(H,19,21)(H,20,22,23);1-2H3. The summed E-state index contributed by atoms with van der Waals surface area (Å²) < 4.78 is 5.59. The molecule has 1 aliphatic carbocycles. The second kappa shape index (κ2) is 11.0. The number of nitrogens with zero attached hydrogens (tertiary/aromatic N) is 4. The molecular weight excluding hydrogens is 388 g/mol. The molecule has 1 aromatic rings. The molecule has 2 fully saturated rings. The Kier molecular flexibility index (Phi) is 8.38. The van der Waals surface area contributed by atoms with Gasteiger partial charge in [-0.15, -0.1) is 0 Å². The summed E-state index contributed by atoms with van der Waals surface area (Å²) >= 11 is 1.43. The van der Waals surface area contributed by atoms with E-state index in [9.17, 15) is 5.11 Å². The van der Waals surface area contributed by atoms with Crippen molar-refractivity contribution in [3.05, 3.63) is 18.2 Å². The number of rotatable bonds is 3. The lowest BCUT2D eigenvalue weighted by Gasteiger charge is -2.34. The Bertz CT molecular complexity index is 667. The lowest BCUT2D eigenvalue weighted by molar-refractivity contribution is 0.257. The van der Waals surface area contributed by atoms with Crippen molar-refractivity contribution in [1.29, 1.82) is 0 Å². The molecule has 0 aromatic carbocycles. The molecule has 1 saturated carbocycles. The molecule has 1 saturated heterocycles. The van der Waals surface area contributed by atoms with Gasteiger partial charge in [0.25, 0.3) is 0 Å². The minimum Gasteiger partial charge on any atom is -0.394 e. The molecule has 0 amide bonds. The van der Waals surface area contributed by atoms with Crippen molar-refractivity contribution in [2.75, 3.05) is 38.6 Å². The zero-order valence-corrected chi connectivity index (χ0v) is 18.4. The lowest BCUT2D eigenvalue weighted by Crippen LogP contribution is -2.48. The van der Waals surface area contributed by atoms with Gasteiger partial charge in [0.15, 0.2) is 5.96 Å². The third-order valence-corrected chi connectivity index (χ3v) is 6.15. The Morgan fingerprint density at radius 1 is 1.34 bits per heavy atom. The van der Waals surface area contributed by atoms with Gasteiger partial charge in [-0.25, -0.2) is 4.98 Å². The minimum atomic E-state index is -0.286. The second-order valence-corrected chi connectivity index (χ2v) is 8.24. The van der Waals surface area contributed by atoms with E-state index < -0.39 is 0 Å². The molecule has 162 valence electrons. The molecule has 0 spiro atoms. The minimum absolute atomic E-state index is 0.103. The highest BCUT2D eigenvalue weighted by Crippen LogP contribution is 2.39. The number of guanidine groups is 1. The van der Waals surface area contributed by atoms with Gasteiger partial charge in [-0.1, -0.05) is 13.8 Å². The lowest BCUT2D eigenvalue weighted by atomic mass is 9.94. The summed E-state index contributed by atoms with van der Waals surface area (Å²) in [6.07, 6.45) is 8.65. The first-order valence-electron chi connectivity index (χ1n) is 10.8. The maximum atomic E-state index is 9.63. The van der Waals surface area contributed by atoms with Gasteiger partial charge < -0.3 is 24.5 Å². The quantitative estimate of drug-likeness (QED) is 0.648. The monoisotopic (exact) mass is 422 g/mol. The van der Waals surface area contributed by atoms with E-state index in [4.69, 9.17) is 14.2 Å². The molecule has 3 N–H and O–H groups in total. The number of imidazole rings is 1. The summed E-state index contributed by atoms with van der Waals surface area (Å²) in [4.78, 5) is 19.3. The first kappa shape index (κ1) is 22.1. The van der Waals surface area contributed by atoms with Crippen LogP contribution in [-0.4, -0.2) is 75.9 Å². The van der Waals surface area contributed by atoms with E-state index in [0.29, 0.717) is 18.3 Å². The van der Waals surface area contributed by atoms with E-state index in [2.05, 4.69) is 20.2 Å². The number of hydrogen-bond acceptors (Lipinski definition) is 7. The van der Waals surface area contributed by atoms with Crippen LogP contribution in [0, 0.1) is 0 Å². The van der Waals surface area contributed by atoms with Crippen LogP contribution in [0.3, 0.4) is 0 Å². The number of aromatic amines is 1. The molecule has 29 heavy (non-hydrogen) atoms. The third-order valence-electron chi connectivity index (χ3n) is 5.43. The van der Waals surface area contributed by atoms with E-state index in [1.165, 1.54) is 17.7 Å². The van der Waals surface area contributed by atoms with E-state index in [0.717, 1.165) is 63.5 Å². The van der Waals surface area contributed by atoms with Crippen LogP contribution >= 0.6 is 12.0 Å². The van der Waals surface area contributed by atoms with Crippen LogP contribution in [0.1, 0.15) is 57.6 Å². The maximum Gasteiger partial charge on any atom is 0.199 e. The zero-order chi connectivity index (χ0) is 20.5. The van der Waals surface area contributed by atoms with Crippen molar-refractivity contribution in [3.8, 4) is 0 Å².